The van der Waals surface area contributed by atoms with Crippen molar-refractivity contribution in [1.29, 1.82) is 0 Å². The summed E-state index contributed by atoms with van der Waals surface area (Å²) in [6, 6.07) is 9.35. The number of nitrogens with zero attached hydrogens (tertiary/aromatic N) is 4. The molecule has 4 rings (SSSR count). The third kappa shape index (κ3) is 3.40. The van der Waals surface area contributed by atoms with Gasteiger partial charge in [-0.3, -0.25) is 9.48 Å². The highest BCUT2D eigenvalue weighted by molar-refractivity contribution is 5.99. The Morgan fingerprint density at radius 2 is 2.11 bits per heavy atom. The highest BCUT2D eigenvalue weighted by Crippen LogP contribution is 2.28. The van der Waals surface area contributed by atoms with Gasteiger partial charge in [0.25, 0.3) is 0 Å². The number of aromatic nitrogens is 5. The lowest BCUT2D eigenvalue weighted by Gasteiger charge is -2.08. The number of carbonyl (C=O) groups excluding carboxylic acids is 1. The van der Waals surface area contributed by atoms with Crippen LogP contribution in [0, 0.1) is 0 Å². The largest absolute Gasteiger partial charge is 0.340 e. The number of benzene rings is 1. The molecule has 0 bridgehead atoms. The summed E-state index contributed by atoms with van der Waals surface area (Å²) in [7, 11) is 1.87. The van der Waals surface area contributed by atoms with Crippen LogP contribution < -0.4 is 10.6 Å². The van der Waals surface area contributed by atoms with E-state index in [-0.39, 0.29) is 5.91 Å². The molecular formula is C19H17N7O. The predicted octanol–water partition coefficient (Wildman–Crippen LogP) is 3.23. The molecule has 0 atom stereocenters. The van der Waals surface area contributed by atoms with E-state index in [2.05, 4.69) is 37.3 Å². The predicted molar refractivity (Wildman–Crippen MR) is 105 cm³/mol. The molecular weight excluding hydrogens is 342 g/mol. The fourth-order valence-electron chi connectivity index (χ4n) is 2.76. The van der Waals surface area contributed by atoms with Crippen molar-refractivity contribution in [3.05, 3.63) is 61.7 Å². The van der Waals surface area contributed by atoms with Gasteiger partial charge in [0.1, 0.15) is 17.8 Å². The maximum atomic E-state index is 11.5. The van der Waals surface area contributed by atoms with Crippen molar-refractivity contribution >= 4 is 34.1 Å². The van der Waals surface area contributed by atoms with Crippen molar-refractivity contribution in [3.63, 3.8) is 0 Å². The molecule has 1 amide bonds. The highest BCUT2D eigenvalue weighted by atomic mass is 16.1. The zero-order valence-electron chi connectivity index (χ0n) is 14.6. The summed E-state index contributed by atoms with van der Waals surface area (Å²) in [4.78, 5) is 23.4. The molecule has 8 heteroatoms. The number of aromatic amines is 1. The number of hydrogen-bond acceptors (Lipinski definition) is 5. The van der Waals surface area contributed by atoms with Crippen LogP contribution in [0.5, 0.6) is 0 Å². The van der Waals surface area contributed by atoms with Crippen LogP contribution in [-0.2, 0) is 11.8 Å². The molecule has 4 aromatic rings. The number of rotatable bonds is 5. The van der Waals surface area contributed by atoms with Crippen molar-refractivity contribution < 1.29 is 4.79 Å². The van der Waals surface area contributed by atoms with E-state index >= 15 is 0 Å². The van der Waals surface area contributed by atoms with Gasteiger partial charge in [-0.2, -0.15) is 5.10 Å². The van der Waals surface area contributed by atoms with Gasteiger partial charge in [-0.15, -0.1) is 0 Å². The van der Waals surface area contributed by atoms with E-state index in [4.69, 9.17) is 0 Å². The number of H-pyrrole nitrogens is 1. The SMILES string of the molecule is C=CC(=O)Nc1cccc(Nc2ncnc3[nH]c(-c4cnn(C)c4)cc23)c1. The minimum Gasteiger partial charge on any atom is -0.340 e. The van der Waals surface area contributed by atoms with Crippen molar-refractivity contribution in [2.24, 2.45) is 7.05 Å². The van der Waals surface area contributed by atoms with E-state index in [1.165, 1.54) is 12.4 Å². The number of amides is 1. The first kappa shape index (κ1) is 16.5. The number of nitrogens with one attached hydrogen (secondary N) is 3. The molecule has 27 heavy (non-hydrogen) atoms. The maximum absolute atomic E-state index is 11.5. The molecule has 0 aliphatic carbocycles. The Labute approximate surface area is 155 Å². The van der Waals surface area contributed by atoms with Gasteiger partial charge in [0.05, 0.1) is 17.3 Å². The Bertz CT molecular complexity index is 1140. The molecule has 0 spiro atoms. The lowest BCUT2D eigenvalue weighted by Crippen LogP contribution is -2.07. The molecule has 3 heterocycles. The summed E-state index contributed by atoms with van der Waals surface area (Å²) < 4.78 is 1.74. The summed E-state index contributed by atoms with van der Waals surface area (Å²) in [6.07, 6.45) is 6.44. The summed E-state index contributed by atoms with van der Waals surface area (Å²) in [5, 5.41) is 11.1. The Hall–Kier alpha value is -3.94. The zero-order valence-corrected chi connectivity index (χ0v) is 14.6. The van der Waals surface area contributed by atoms with E-state index in [1.54, 1.807) is 16.9 Å². The summed E-state index contributed by atoms with van der Waals surface area (Å²) in [6.45, 7) is 3.46. The van der Waals surface area contributed by atoms with Gasteiger partial charge >= 0.3 is 0 Å². The number of anilines is 3. The molecule has 8 nitrogen and oxygen atoms in total. The zero-order chi connectivity index (χ0) is 18.8. The minimum absolute atomic E-state index is 0.261. The average Bonchev–Trinajstić information content (AvgIpc) is 3.28. The second kappa shape index (κ2) is 6.75. The lowest BCUT2D eigenvalue weighted by atomic mass is 10.2. The van der Waals surface area contributed by atoms with Crippen LogP contribution >= 0.6 is 0 Å². The molecule has 0 unspecified atom stereocenters. The highest BCUT2D eigenvalue weighted by Gasteiger charge is 2.11. The standard InChI is InChI=1S/C19H17N7O/c1-3-17(27)23-13-5-4-6-14(7-13)24-18-15-8-16(12-9-22-26(2)10-12)25-19(15)21-11-20-18/h3-11H,1H2,2H3,(H,23,27)(H2,20,21,24,25). The molecule has 0 saturated heterocycles. The van der Waals surface area contributed by atoms with Crippen LogP contribution in [0.1, 0.15) is 0 Å². The second-order valence-electron chi connectivity index (χ2n) is 5.97. The van der Waals surface area contributed by atoms with Crippen molar-refractivity contribution in [2.75, 3.05) is 10.6 Å². The molecule has 134 valence electrons. The smallest absolute Gasteiger partial charge is 0.247 e. The van der Waals surface area contributed by atoms with Crippen molar-refractivity contribution in [2.45, 2.75) is 0 Å². The van der Waals surface area contributed by atoms with Gasteiger partial charge in [-0.05, 0) is 30.3 Å². The topological polar surface area (TPSA) is 101 Å². The minimum atomic E-state index is -0.261. The Morgan fingerprint density at radius 1 is 1.26 bits per heavy atom. The molecule has 0 saturated carbocycles. The lowest BCUT2D eigenvalue weighted by molar-refractivity contribution is -0.111. The summed E-state index contributed by atoms with van der Waals surface area (Å²) >= 11 is 0. The first-order valence-corrected chi connectivity index (χ1v) is 8.25. The second-order valence-corrected chi connectivity index (χ2v) is 5.97. The van der Waals surface area contributed by atoms with Gasteiger partial charge in [0.2, 0.25) is 5.91 Å². The first-order chi connectivity index (χ1) is 13.1. The molecule has 3 N–H and O–H groups in total. The maximum Gasteiger partial charge on any atom is 0.247 e. The van der Waals surface area contributed by atoms with Gasteiger partial charge in [0, 0.05) is 30.2 Å². The summed E-state index contributed by atoms with van der Waals surface area (Å²) in [5.41, 5.74) is 4.06. The first-order valence-electron chi connectivity index (χ1n) is 8.25. The Kier molecular flexibility index (Phi) is 4.13. The summed E-state index contributed by atoms with van der Waals surface area (Å²) in [5.74, 6) is 0.405. The third-order valence-electron chi connectivity index (χ3n) is 4.02. The molecule has 1 aromatic carbocycles. The van der Waals surface area contributed by atoms with E-state index in [0.29, 0.717) is 11.5 Å². The van der Waals surface area contributed by atoms with Gasteiger partial charge < -0.3 is 15.6 Å². The van der Waals surface area contributed by atoms with Crippen LogP contribution in [0.25, 0.3) is 22.3 Å². The normalized spacial score (nSPS) is 10.7. The molecule has 3 aromatic heterocycles. The van der Waals surface area contributed by atoms with E-state index < -0.39 is 0 Å². The van der Waals surface area contributed by atoms with Crippen LogP contribution in [0.15, 0.2) is 61.7 Å². The average molecular weight is 359 g/mol. The fourth-order valence-corrected chi connectivity index (χ4v) is 2.76. The van der Waals surface area contributed by atoms with Crippen molar-refractivity contribution in [3.8, 4) is 11.3 Å². The molecule has 0 radical (unpaired) electrons. The van der Waals surface area contributed by atoms with E-state index in [1.807, 2.05) is 37.5 Å². The molecule has 0 fully saturated rings. The Balaban J connectivity index is 1.66. The molecule has 0 aliphatic heterocycles. The number of hydrogen-bond donors (Lipinski definition) is 3. The van der Waals surface area contributed by atoms with Crippen LogP contribution in [-0.4, -0.2) is 30.6 Å². The van der Waals surface area contributed by atoms with E-state index in [0.717, 1.165) is 28.0 Å². The van der Waals surface area contributed by atoms with Gasteiger partial charge in [0.15, 0.2) is 0 Å². The fraction of sp³-hybridized carbons (Fsp3) is 0.0526. The van der Waals surface area contributed by atoms with E-state index in [9.17, 15) is 4.79 Å². The third-order valence-corrected chi connectivity index (χ3v) is 4.02. The Morgan fingerprint density at radius 3 is 2.89 bits per heavy atom. The number of carbonyl (C=O) groups is 1. The van der Waals surface area contributed by atoms with Gasteiger partial charge in [-0.1, -0.05) is 12.6 Å². The van der Waals surface area contributed by atoms with Crippen LogP contribution in [0.2, 0.25) is 0 Å². The van der Waals surface area contributed by atoms with Crippen LogP contribution in [0.4, 0.5) is 17.2 Å². The van der Waals surface area contributed by atoms with Crippen molar-refractivity contribution in [1.82, 2.24) is 24.7 Å². The molecule has 0 aliphatic rings. The van der Waals surface area contributed by atoms with Gasteiger partial charge in [-0.25, -0.2) is 9.97 Å². The van der Waals surface area contributed by atoms with Crippen LogP contribution in [0.3, 0.4) is 0 Å². The number of fused-ring (bicyclic) bond motifs is 1. The number of aryl methyl sites for hydroxylation is 1. The monoisotopic (exact) mass is 359 g/mol. The quantitative estimate of drug-likeness (QED) is 0.475.